The second-order valence-electron chi connectivity index (χ2n) is 12.5. The van der Waals surface area contributed by atoms with Crippen LogP contribution in [0.1, 0.15) is 59.5 Å². The third-order valence-corrected chi connectivity index (χ3v) is 7.95. The molecule has 4 aromatic carbocycles. The Bertz CT molecular complexity index is 2280. The molecule has 6 aromatic rings. The van der Waals surface area contributed by atoms with E-state index >= 15 is 0 Å². The first kappa shape index (κ1) is 37.1. The van der Waals surface area contributed by atoms with Gasteiger partial charge in [-0.15, -0.1) is 0 Å². The third-order valence-electron chi connectivity index (χ3n) is 7.95. The molecule has 0 aliphatic rings. The van der Waals surface area contributed by atoms with Crippen molar-refractivity contribution in [3.63, 3.8) is 0 Å². The maximum atomic E-state index is 13.3. The summed E-state index contributed by atoms with van der Waals surface area (Å²) in [5, 5.41) is 6.51. The lowest BCUT2D eigenvalue weighted by atomic mass is 10.0. The van der Waals surface area contributed by atoms with Gasteiger partial charge in [0.25, 0.3) is 11.8 Å². The lowest BCUT2D eigenvalue weighted by molar-refractivity contribution is 0.0956. The van der Waals surface area contributed by atoms with E-state index < -0.39 is 0 Å². The Hall–Kier alpha value is -6.15. The highest BCUT2D eigenvalue weighted by molar-refractivity contribution is 6.12. The molecule has 268 valence electrons. The number of benzene rings is 4. The highest BCUT2D eigenvalue weighted by Crippen LogP contribution is 2.39. The number of carbonyl (C=O) groups excluding carboxylic acids is 2. The minimum absolute atomic E-state index is 0.0167. The van der Waals surface area contributed by atoms with Gasteiger partial charge in [-0.2, -0.15) is 0 Å². The predicted octanol–water partition coefficient (Wildman–Crippen LogP) is 9.50. The molecule has 0 unspecified atom stereocenters. The Balaban J connectivity index is 0.000000202. The Morgan fingerprint density at radius 3 is 1.56 bits per heavy atom. The van der Waals surface area contributed by atoms with Gasteiger partial charge in [0.05, 0.1) is 28.9 Å². The van der Waals surface area contributed by atoms with E-state index in [4.69, 9.17) is 24.9 Å². The Kier molecular flexibility index (Phi) is 11.3. The summed E-state index contributed by atoms with van der Waals surface area (Å²) in [5.41, 5.74) is 4.66. The summed E-state index contributed by atoms with van der Waals surface area (Å²) < 4.78 is 50.1. The molecule has 2 amide bonds. The van der Waals surface area contributed by atoms with E-state index in [0.717, 1.165) is 5.56 Å². The number of nitrogens with one attached hydrogen (secondary N) is 2. The van der Waals surface area contributed by atoms with Crippen LogP contribution in [-0.4, -0.2) is 38.1 Å². The van der Waals surface area contributed by atoms with Gasteiger partial charge in [0, 0.05) is 36.0 Å². The Morgan fingerprint density at radius 2 is 1.13 bits per heavy atom. The smallest absolute Gasteiger partial charge is 0.255 e. The fourth-order valence-electron chi connectivity index (χ4n) is 5.65. The molecular weight excluding hydrogens is 668 g/mol. The van der Waals surface area contributed by atoms with Crippen LogP contribution in [0.2, 0.25) is 0 Å². The van der Waals surface area contributed by atoms with Crippen LogP contribution in [0, 0.1) is 25.1 Å². The second-order valence-corrected chi connectivity index (χ2v) is 12.5. The van der Waals surface area contributed by atoms with Gasteiger partial charge >= 0.3 is 0 Å². The van der Waals surface area contributed by atoms with E-state index in [1.165, 1.54) is 31.3 Å². The van der Waals surface area contributed by atoms with Gasteiger partial charge in [-0.25, -0.2) is 15.4 Å². The molecule has 0 saturated heterocycles. The van der Waals surface area contributed by atoms with Crippen LogP contribution in [0.25, 0.3) is 49.4 Å². The molecule has 0 spiro atoms. The SMILES string of the molecule is CNC(=O)c1c(-c2ccc(F)cc2)oc2cc(C)c(OC(C)C)cc12.[C-]#[N+]Cc1cc2oc(-c3ccc(F)cc3)c(C(=O)NC)c2cc1OC(C)C. The zero-order valence-electron chi connectivity index (χ0n) is 29.9. The zero-order chi connectivity index (χ0) is 37.7. The summed E-state index contributed by atoms with van der Waals surface area (Å²) in [4.78, 5) is 28.5. The maximum Gasteiger partial charge on any atom is 0.255 e. The van der Waals surface area contributed by atoms with Crippen LogP contribution in [0.15, 0.2) is 81.6 Å². The number of carbonyl (C=O) groups is 2. The van der Waals surface area contributed by atoms with Gasteiger partial charge in [0.1, 0.15) is 45.8 Å². The molecule has 11 heteroatoms. The molecule has 0 saturated carbocycles. The standard InChI is InChI=1S/C21H19FN2O3.C20H20FNO3/c1-12(2)26-17-10-16-18(9-14(17)11-23-3)27-20(19(16)21(25)24-4)13-5-7-15(22)8-6-13;1-11(2)24-16-10-15-17(9-12(16)3)25-19(18(15)20(23)22-4)13-5-7-14(21)8-6-13/h5-10,12H,11H2,1-2,4H3,(H,24,25);5-11H,1-4H3,(H,22,23). The number of nitrogens with zero attached hydrogens (tertiary/aromatic N) is 1. The van der Waals surface area contributed by atoms with Crippen LogP contribution in [0.4, 0.5) is 8.78 Å². The van der Waals surface area contributed by atoms with Crippen molar-refractivity contribution in [3.8, 4) is 34.1 Å². The number of hydrogen-bond donors (Lipinski definition) is 2. The monoisotopic (exact) mass is 707 g/mol. The van der Waals surface area contributed by atoms with Crippen LogP contribution in [0.5, 0.6) is 11.5 Å². The first-order valence-electron chi connectivity index (χ1n) is 16.6. The first-order chi connectivity index (χ1) is 24.8. The van der Waals surface area contributed by atoms with Crippen molar-refractivity contribution in [2.45, 2.75) is 53.4 Å². The largest absolute Gasteiger partial charge is 0.491 e. The highest BCUT2D eigenvalue weighted by atomic mass is 19.1. The molecule has 0 fully saturated rings. The maximum absolute atomic E-state index is 13.3. The summed E-state index contributed by atoms with van der Waals surface area (Å²) in [6.07, 6.45) is -0.0677. The lowest BCUT2D eigenvalue weighted by Crippen LogP contribution is -2.18. The van der Waals surface area contributed by atoms with E-state index in [2.05, 4.69) is 15.5 Å². The van der Waals surface area contributed by atoms with Crippen molar-refractivity contribution < 1.29 is 36.7 Å². The molecular formula is C41H39F2N3O6. The summed E-state index contributed by atoms with van der Waals surface area (Å²) >= 11 is 0. The first-order valence-corrected chi connectivity index (χ1v) is 16.6. The number of furan rings is 2. The summed E-state index contributed by atoms with van der Waals surface area (Å²) in [6, 6.07) is 18.8. The van der Waals surface area contributed by atoms with E-state index in [9.17, 15) is 18.4 Å². The average Bonchev–Trinajstić information content (AvgIpc) is 3.66. The molecule has 2 N–H and O–H groups in total. The second kappa shape index (κ2) is 15.8. The quantitative estimate of drug-likeness (QED) is 0.145. The average molecular weight is 708 g/mol. The normalized spacial score (nSPS) is 11.0. The molecule has 0 atom stereocenters. The van der Waals surface area contributed by atoms with Gasteiger partial charge in [-0.1, -0.05) is 0 Å². The predicted molar refractivity (Wildman–Crippen MR) is 197 cm³/mol. The van der Waals surface area contributed by atoms with Gasteiger partial charge in [-0.3, -0.25) is 9.59 Å². The number of amides is 2. The van der Waals surface area contributed by atoms with Gasteiger partial charge in [0.2, 0.25) is 6.54 Å². The number of hydrogen-bond acceptors (Lipinski definition) is 6. The van der Waals surface area contributed by atoms with Crippen LogP contribution in [0.3, 0.4) is 0 Å². The molecule has 9 nitrogen and oxygen atoms in total. The molecule has 6 rings (SSSR count). The Labute approximate surface area is 300 Å². The van der Waals surface area contributed by atoms with Crippen molar-refractivity contribution in [1.82, 2.24) is 10.6 Å². The van der Waals surface area contributed by atoms with Crippen LogP contribution >= 0.6 is 0 Å². The number of ether oxygens (including phenoxy) is 2. The number of fused-ring (bicyclic) bond motifs is 2. The van der Waals surface area contributed by atoms with Crippen molar-refractivity contribution in [2.24, 2.45) is 0 Å². The van der Waals surface area contributed by atoms with Crippen molar-refractivity contribution in [3.05, 3.63) is 118 Å². The number of halogens is 2. The van der Waals surface area contributed by atoms with Crippen LogP contribution in [-0.2, 0) is 6.54 Å². The Morgan fingerprint density at radius 1 is 0.712 bits per heavy atom. The fourth-order valence-corrected chi connectivity index (χ4v) is 5.65. The van der Waals surface area contributed by atoms with Crippen molar-refractivity contribution >= 4 is 33.8 Å². The molecule has 2 aromatic heterocycles. The third kappa shape index (κ3) is 7.92. The van der Waals surface area contributed by atoms with E-state index in [1.54, 1.807) is 43.4 Å². The van der Waals surface area contributed by atoms with Gasteiger partial charge < -0.3 is 33.8 Å². The summed E-state index contributed by atoms with van der Waals surface area (Å²) in [6.45, 7) is 16.9. The van der Waals surface area contributed by atoms with E-state index in [0.29, 0.717) is 72.8 Å². The molecule has 2 heterocycles. The highest BCUT2D eigenvalue weighted by Gasteiger charge is 2.25. The topological polar surface area (TPSA) is 107 Å². The molecule has 52 heavy (non-hydrogen) atoms. The van der Waals surface area contributed by atoms with Crippen molar-refractivity contribution in [1.29, 1.82) is 0 Å². The molecule has 0 aliphatic carbocycles. The van der Waals surface area contributed by atoms with Crippen LogP contribution < -0.4 is 20.1 Å². The fraction of sp³-hybridized carbons (Fsp3) is 0.244. The minimum atomic E-state index is -0.372. The van der Waals surface area contributed by atoms with E-state index in [1.807, 2.05) is 46.8 Å². The number of rotatable bonds is 9. The number of aryl methyl sites for hydroxylation is 1. The van der Waals surface area contributed by atoms with Gasteiger partial charge in [-0.05, 0) is 113 Å². The van der Waals surface area contributed by atoms with Crippen molar-refractivity contribution in [2.75, 3.05) is 14.1 Å². The zero-order valence-corrected chi connectivity index (χ0v) is 29.9. The molecule has 0 radical (unpaired) electrons. The molecule has 0 aliphatic heterocycles. The molecule has 0 bridgehead atoms. The minimum Gasteiger partial charge on any atom is -0.491 e. The van der Waals surface area contributed by atoms with Gasteiger partial charge in [0.15, 0.2) is 0 Å². The summed E-state index contributed by atoms with van der Waals surface area (Å²) in [7, 11) is 3.10. The lowest BCUT2D eigenvalue weighted by Gasteiger charge is -2.12. The van der Waals surface area contributed by atoms with E-state index in [-0.39, 0.29) is 42.2 Å². The summed E-state index contributed by atoms with van der Waals surface area (Å²) in [5.74, 6) is 0.714.